The topological polar surface area (TPSA) is 450 Å². The molecule has 9 rings (SSSR count). The van der Waals surface area contributed by atoms with Crippen molar-refractivity contribution in [3.05, 3.63) is 69.8 Å². The Bertz CT molecular complexity index is 3020. The average molecular weight is 953 g/mol. The highest BCUT2D eigenvalue weighted by Gasteiger charge is 2.70. The summed E-state index contributed by atoms with van der Waals surface area (Å²) >= 11 is 0. The molecule has 7 atom stereocenters. The maximum Gasteiger partial charge on any atom is 0.340 e. The molecular formula is C41H28O27. The van der Waals surface area contributed by atoms with Gasteiger partial charge in [-0.1, -0.05) is 0 Å². The van der Waals surface area contributed by atoms with Crippen LogP contribution in [0.4, 0.5) is 0 Å². The molecule has 27 heteroatoms. The van der Waals surface area contributed by atoms with Crippen LogP contribution in [0.25, 0.3) is 11.1 Å². The highest BCUT2D eigenvalue weighted by atomic mass is 16.8. The van der Waals surface area contributed by atoms with Crippen LogP contribution in [0.3, 0.4) is 0 Å². The lowest BCUT2D eigenvalue weighted by Gasteiger charge is -2.49. The van der Waals surface area contributed by atoms with Crippen molar-refractivity contribution in [3.63, 3.8) is 0 Å². The average Bonchev–Trinajstić information content (AvgIpc) is 3.28. The van der Waals surface area contributed by atoms with Crippen LogP contribution in [0.1, 0.15) is 52.9 Å². The lowest BCUT2D eigenvalue weighted by atomic mass is 9.70. The van der Waals surface area contributed by atoms with Crippen molar-refractivity contribution in [1.82, 2.24) is 0 Å². The third-order valence-electron chi connectivity index (χ3n) is 11.5. The zero-order valence-corrected chi connectivity index (χ0v) is 33.2. The van der Waals surface area contributed by atoms with E-state index in [0.29, 0.717) is 30.3 Å². The molecular weight excluding hydrogens is 924 g/mol. The first-order chi connectivity index (χ1) is 31.9. The number of fused-ring (bicyclic) bond motifs is 4. The second-order valence-corrected chi connectivity index (χ2v) is 15.5. The van der Waals surface area contributed by atoms with E-state index in [1.165, 1.54) is 0 Å². The number of ketones is 1. The van der Waals surface area contributed by atoms with Gasteiger partial charge in [0.15, 0.2) is 64.0 Å². The number of carbonyl (C=O) groups is 6. The first kappa shape index (κ1) is 44.3. The van der Waals surface area contributed by atoms with Gasteiger partial charge in [-0.25, -0.2) is 24.0 Å². The number of esters is 5. The van der Waals surface area contributed by atoms with Gasteiger partial charge in [-0.3, -0.25) is 4.79 Å². The van der Waals surface area contributed by atoms with E-state index < -0.39 is 204 Å². The van der Waals surface area contributed by atoms with Crippen LogP contribution < -0.4 is 4.74 Å². The Morgan fingerprint density at radius 2 is 1.07 bits per heavy atom. The van der Waals surface area contributed by atoms with Crippen molar-refractivity contribution < 1.29 is 133 Å². The molecule has 4 heterocycles. The van der Waals surface area contributed by atoms with Crippen LogP contribution >= 0.6 is 0 Å². The fraction of sp³-hybridized carbons (Fsp3) is 0.220. The van der Waals surface area contributed by atoms with Crippen molar-refractivity contribution in [1.29, 1.82) is 0 Å². The summed E-state index contributed by atoms with van der Waals surface area (Å²) in [7, 11) is 0. The minimum absolute atomic E-state index is 0.264. The van der Waals surface area contributed by atoms with Crippen LogP contribution in [-0.2, 0) is 38.0 Å². The third kappa shape index (κ3) is 6.21. The second-order valence-electron chi connectivity index (χ2n) is 15.5. The molecule has 1 fully saturated rings. The van der Waals surface area contributed by atoms with Crippen molar-refractivity contribution >= 4 is 35.6 Å². The second kappa shape index (κ2) is 14.8. The van der Waals surface area contributed by atoms with Crippen molar-refractivity contribution in [2.75, 3.05) is 6.61 Å². The largest absolute Gasteiger partial charge is 0.504 e. The summed E-state index contributed by atoms with van der Waals surface area (Å²) in [6.45, 7) is -1.31. The summed E-state index contributed by atoms with van der Waals surface area (Å²) in [5, 5.41) is 150. The Labute approximate surface area is 373 Å². The lowest BCUT2D eigenvalue weighted by Crippen LogP contribution is -2.70. The maximum atomic E-state index is 14.6. The lowest BCUT2D eigenvalue weighted by molar-refractivity contribution is -0.339. The molecule has 0 spiro atoms. The zero-order chi connectivity index (χ0) is 49.4. The van der Waals surface area contributed by atoms with Gasteiger partial charge in [0.05, 0.1) is 33.7 Å². The molecule has 1 unspecified atom stereocenters. The maximum absolute atomic E-state index is 14.6. The van der Waals surface area contributed by atoms with E-state index in [0.717, 1.165) is 0 Å². The quantitative estimate of drug-likeness (QED) is 0.0491. The molecule has 4 aliphatic heterocycles. The predicted molar refractivity (Wildman–Crippen MR) is 204 cm³/mol. The number of phenolic OH excluding ortho intramolecular Hbond substituents is 11. The summed E-state index contributed by atoms with van der Waals surface area (Å²) in [6.07, 6.45) is -12.1. The number of cyclic esters (lactones) is 1. The molecule has 6 bridgehead atoms. The number of aliphatic hydroxyl groups is 3. The van der Waals surface area contributed by atoms with Gasteiger partial charge in [0.2, 0.25) is 35.4 Å². The molecule has 5 aliphatic rings. The fourth-order valence-corrected chi connectivity index (χ4v) is 8.25. The number of aromatic hydroxyl groups is 11. The number of ether oxygens (including phenoxy) is 7. The minimum Gasteiger partial charge on any atom is -0.504 e. The van der Waals surface area contributed by atoms with E-state index in [9.17, 15) is 100 Å². The normalized spacial score (nSPS) is 25.7. The Hall–Kier alpha value is -8.92. The molecule has 1 saturated heterocycles. The molecule has 0 aromatic heterocycles. The molecule has 1 aliphatic carbocycles. The Morgan fingerprint density at radius 1 is 0.574 bits per heavy atom. The van der Waals surface area contributed by atoms with Crippen LogP contribution in [-0.4, -0.2) is 156 Å². The third-order valence-corrected chi connectivity index (χ3v) is 11.5. The molecule has 0 radical (unpaired) electrons. The number of benzene rings is 4. The highest BCUT2D eigenvalue weighted by Crippen LogP contribution is 2.59. The van der Waals surface area contributed by atoms with Gasteiger partial charge in [0.1, 0.15) is 12.7 Å². The first-order valence-corrected chi connectivity index (χ1v) is 19.1. The number of hydrogen-bond acceptors (Lipinski definition) is 27. The number of phenols is 11. The Kier molecular flexibility index (Phi) is 9.64. The van der Waals surface area contributed by atoms with Crippen LogP contribution in [0.15, 0.2) is 42.0 Å². The van der Waals surface area contributed by atoms with Crippen LogP contribution in [0, 0.1) is 0 Å². The smallest absolute Gasteiger partial charge is 0.340 e. The zero-order valence-electron chi connectivity index (χ0n) is 33.2. The van der Waals surface area contributed by atoms with Crippen molar-refractivity contribution in [2.45, 2.75) is 48.2 Å². The molecule has 4 aromatic rings. The molecule has 354 valence electrons. The van der Waals surface area contributed by atoms with Gasteiger partial charge in [-0.2, -0.15) is 0 Å². The number of hydrogen-bond donors (Lipinski definition) is 14. The van der Waals surface area contributed by atoms with E-state index in [4.69, 9.17) is 33.2 Å². The van der Waals surface area contributed by atoms with Gasteiger partial charge >= 0.3 is 35.6 Å². The molecule has 0 saturated carbocycles. The molecule has 4 aromatic carbocycles. The van der Waals surface area contributed by atoms with E-state index in [1.807, 2.05) is 0 Å². The highest BCUT2D eigenvalue weighted by molar-refractivity contribution is 6.10. The molecule has 14 N–H and O–H groups in total. The first-order valence-electron chi connectivity index (χ1n) is 19.1. The minimum atomic E-state index is -3.98. The summed E-state index contributed by atoms with van der Waals surface area (Å²) < 4.78 is 38.9. The summed E-state index contributed by atoms with van der Waals surface area (Å²) in [4.78, 5) is 84.8. The molecule has 27 nitrogen and oxygen atoms in total. The van der Waals surface area contributed by atoms with Gasteiger partial charge in [0.25, 0.3) is 5.79 Å². The summed E-state index contributed by atoms with van der Waals surface area (Å²) in [5.74, 6) is -36.5. The summed E-state index contributed by atoms with van der Waals surface area (Å²) in [5.41, 5.74) is -8.48. The molecule has 68 heavy (non-hydrogen) atoms. The van der Waals surface area contributed by atoms with Gasteiger partial charge in [-0.05, 0) is 36.4 Å². The van der Waals surface area contributed by atoms with Crippen LogP contribution in [0.2, 0.25) is 0 Å². The van der Waals surface area contributed by atoms with Gasteiger partial charge in [0, 0.05) is 16.7 Å². The van der Waals surface area contributed by atoms with E-state index >= 15 is 0 Å². The fourth-order valence-electron chi connectivity index (χ4n) is 8.25. The monoisotopic (exact) mass is 952 g/mol. The van der Waals surface area contributed by atoms with Crippen molar-refractivity contribution in [3.8, 4) is 80.1 Å². The predicted octanol–water partition coefficient (Wildman–Crippen LogP) is -1.10. The summed E-state index contributed by atoms with van der Waals surface area (Å²) in [6, 6.07) is 2.32. The van der Waals surface area contributed by atoms with E-state index in [1.54, 1.807) is 0 Å². The van der Waals surface area contributed by atoms with Gasteiger partial charge in [-0.15, -0.1) is 0 Å². The SMILES string of the molecule is O=C1O[C@H]2[C@@H]3OC(=O)c4cc(O)c(O)c(O)c4-c4c(cc(O)c(O)c4O)C(=O)OC[C@H]2O[C@@H](OC(=O)c2cc(O)c(O)c(O)c2)[C@@H]3OC(=O)c2cc(O)c(O)c3c2C2C1=CC(=O)[C@@](O)(O3)C2(O)O. The van der Waals surface area contributed by atoms with Gasteiger partial charge < -0.3 is 105 Å². The Balaban J connectivity index is 1.30. The standard InChI is InChI=1S/C41H28O27/c42-13-1-8(2-14(43)24(13)48)34(54)67-39-33-32-30(64-38(58)12-6-19(47)41(61)40(59,60)23(12)22-11(37(57)66-33)5-17(46)27(51)31(22)68-41)18(63-39)7-62-35(55)9-3-15(44)25(49)28(52)20(9)21-10(36(56)65-32)4-16(45)26(50)29(21)53/h1-6,18,23,30,32-33,39,42-46,48-53,59-61H,7H2/t18-,23?,30-,32+,33-,39+,41-/m1/s1. The number of rotatable bonds is 2. The molecule has 0 amide bonds. The van der Waals surface area contributed by atoms with Crippen molar-refractivity contribution in [2.24, 2.45) is 0 Å². The Morgan fingerprint density at radius 3 is 1.68 bits per heavy atom. The van der Waals surface area contributed by atoms with Crippen LogP contribution in [0.5, 0.6) is 69.0 Å². The van der Waals surface area contributed by atoms with E-state index in [-0.39, 0.29) is 6.08 Å². The van der Waals surface area contributed by atoms with E-state index in [2.05, 4.69) is 0 Å². The number of carbonyl (C=O) groups excluding carboxylic acids is 6.